The number of halogens is 3. The molecule has 2 fully saturated rings. The molecule has 6 nitrogen and oxygen atoms in total. The molecule has 3 rings (SSSR count). The van der Waals surface area contributed by atoms with Crippen LogP contribution in [0.25, 0.3) is 0 Å². The summed E-state index contributed by atoms with van der Waals surface area (Å²) in [6.07, 6.45) is -2.32. The first-order valence-electron chi connectivity index (χ1n) is 9.37. The molecule has 1 aliphatic heterocycles. The predicted molar refractivity (Wildman–Crippen MR) is 96.1 cm³/mol. The lowest BCUT2D eigenvalue weighted by atomic mass is 10.2. The summed E-state index contributed by atoms with van der Waals surface area (Å²) in [5, 5.41) is 2.98. The van der Waals surface area contributed by atoms with E-state index in [1.54, 1.807) is 0 Å². The van der Waals surface area contributed by atoms with Gasteiger partial charge in [0.25, 0.3) is 5.91 Å². The number of benzene rings is 1. The van der Waals surface area contributed by atoms with Gasteiger partial charge in [0.1, 0.15) is 0 Å². The monoisotopic (exact) mass is 420 g/mol. The van der Waals surface area contributed by atoms with E-state index in [0.29, 0.717) is 25.1 Å². The van der Waals surface area contributed by atoms with Gasteiger partial charge in [0.15, 0.2) is 6.54 Å². The van der Waals surface area contributed by atoms with Gasteiger partial charge >= 0.3 is 6.18 Å². The second-order valence-corrected chi connectivity index (χ2v) is 9.49. The highest BCUT2D eigenvalue weighted by atomic mass is 32.2. The van der Waals surface area contributed by atoms with E-state index in [2.05, 4.69) is 5.32 Å². The van der Waals surface area contributed by atoms with Crippen LogP contribution in [0.15, 0.2) is 29.2 Å². The lowest BCUT2D eigenvalue weighted by Crippen LogP contribution is -3.15. The number of alkyl halides is 3. The van der Waals surface area contributed by atoms with Crippen molar-refractivity contribution in [2.75, 3.05) is 32.7 Å². The van der Waals surface area contributed by atoms with E-state index >= 15 is 0 Å². The van der Waals surface area contributed by atoms with Gasteiger partial charge in [0.05, 0.1) is 36.6 Å². The van der Waals surface area contributed by atoms with Gasteiger partial charge < -0.3 is 10.2 Å². The second kappa shape index (κ2) is 8.00. The summed E-state index contributed by atoms with van der Waals surface area (Å²) in [7, 11) is -4.00. The molecular formula is C18H25F3N3O3S+. The lowest BCUT2D eigenvalue weighted by Gasteiger charge is -2.31. The number of amides is 1. The van der Waals surface area contributed by atoms with Crippen LogP contribution < -0.4 is 10.2 Å². The Balaban J connectivity index is 1.57. The molecule has 1 saturated heterocycles. The minimum Gasteiger partial charge on any atom is -0.348 e. The Morgan fingerprint density at radius 1 is 1.29 bits per heavy atom. The highest BCUT2D eigenvalue weighted by Gasteiger charge is 2.35. The van der Waals surface area contributed by atoms with Crippen molar-refractivity contribution in [2.24, 2.45) is 5.92 Å². The molecule has 1 saturated carbocycles. The predicted octanol–water partition coefficient (Wildman–Crippen LogP) is 0.509. The number of carbonyl (C=O) groups is 1. The molecule has 0 bridgehead atoms. The Hall–Kier alpha value is -1.65. The molecule has 1 atom stereocenters. The van der Waals surface area contributed by atoms with E-state index in [9.17, 15) is 26.4 Å². The first kappa shape index (κ1) is 21.1. The normalized spacial score (nSPS) is 20.7. The number of nitrogens with zero attached hydrogens (tertiary/aromatic N) is 1. The highest BCUT2D eigenvalue weighted by Crippen LogP contribution is 2.32. The fourth-order valence-corrected chi connectivity index (χ4v) is 4.94. The summed E-state index contributed by atoms with van der Waals surface area (Å²) in [4.78, 5) is 12.7. The van der Waals surface area contributed by atoms with Crippen LogP contribution in [0.3, 0.4) is 0 Å². The van der Waals surface area contributed by atoms with Gasteiger partial charge in [-0.1, -0.05) is 6.07 Å². The Bertz CT molecular complexity index is 817. The number of piperazine rings is 1. The lowest BCUT2D eigenvalue weighted by molar-refractivity contribution is -0.895. The van der Waals surface area contributed by atoms with Crippen molar-refractivity contribution in [1.29, 1.82) is 0 Å². The molecule has 1 aromatic rings. The molecule has 10 heteroatoms. The van der Waals surface area contributed by atoms with Crippen molar-refractivity contribution >= 4 is 15.9 Å². The Kier molecular flexibility index (Phi) is 6.02. The van der Waals surface area contributed by atoms with Crippen LogP contribution in [0, 0.1) is 5.92 Å². The Morgan fingerprint density at radius 2 is 1.93 bits per heavy atom. The summed E-state index contributed by atoms with van der Waals surface area (Å²) >= 11 is 0. The Labute approximate surface area is 162 Å². The second-order valence-electron chi connectivity index (χ2n) is 7.55. The quantitative estimate of drug-likeness (QED) is 0.705. The van der Waals surface area contributed by atoms with E-state index in [1.165, 1.54) is 10.4 Å². The van der Waals surface area contributed by atoms with Crippen LogP contribution >= 0.6 is 0 Å². The van der Waals surface area contributed by atoms with E-state index in [0.717, 1.165) is 29.9 Å². The molecule has 2 aliphatic rings. The zero-order valence-electron chi connectivity index (χ0n) is 15.6. The van der Waals surface area contributed by atoms with Gasteiger partial charge in [-0.25, -0.2) is 8.42 Å². The zero-order chi connectivity index (χ0) is 20.5. The maximum atomic E-state index is 12.9. The summed E-state index contributed by atoms with van der Waals surface area (Å²) in [6.45, 7) is 3.46. The molecule has 1 heterocycles. The third-order valence-corrected chi connectivity index (χ3v) is 7.25. The average molecular weight is 420 g/mol. The number of carbonyl (C=O) groups excluding carboxylic acids is 1. The topological polar surface area (TPSA) is 70.9 Å². The number of hydrogen-bond donors (Lipinski definition) is 2. The largest absolute Gasteiger partial charge is 0.416 e. The van der Waals surface area contributed by atoms with Crippen LogP contribution in [0.4, 0.5) is 13.2 Å². The summed E-state index contributed by atoms with van der Waals surface area (Å²) < 4.78 is 65.2. The third kappa shape index (κ3) is 5.03. The van der Waals surface area contributed by atoms with Crippen molar-refractivity contribution in [3.05, 3.63) is 29.8 Å². The molecule has 156 valence electrons. The Morgan fingerprint density at radius 3 is 2.50 bits per heavy atom. The van der Waals surface area contributed by atoms with Gasteiger partial charge in [0, 0.05) is 6.04 Å². The standard InChI is InChI=1S/C18H24F3N3O3S/c1-13(14-5-6-14)22-17(25)12-23-7-9-24(10-8-23)28(26,27)16-4-2-3-15(11-16)18(19,20)21/h2-4,11,13-14H,5-10,12H2,1H3,(H,22,25)/p+1/t13-/m1/s1. The molecule has 0 aromatic heterocycles. The number of sulfonamides is 1. The van der Waals surface area contributed by atoms with E-state index in [-0.39, 0.29) is 36.5 Å². The number of quaternary nitrogens is 1. The maximum absolute atomic E-state index is 12.9. The molecule has 1 amide bonds. The zero-order valence-corrected chi connectivity index (χ0v) is 16.4. The summed E-state index contributed by atoms with van der Waals surface area (Å²) in [5.41, 5.74) is -0.987. The molecule has 0 radical (unpaired) electrons. The number of rotatable bonds is 6. The number of nitrogens with one attached hydrogen (secondary N) is 2. The number of hydrogen-bond acceptors (Lipinski definition) is 3. The van der Waals surface area contributed by atoms with Crippen LogP contribution in [-0.2, 0) is 21.0 Å². The van der Waals surface area contributed by atoms with Gasteiger partial charge in [-0.05, 0) is 43.9 Å². The van der Waals surface area contributed by atoms with Gasteiger partial charge in [-0.3, -0.25) is 4.79 Å². The minimum absolute atomic E-state index is 0.0522. The third-order valence-electron chi connectivity index (χ3n) is 5.36. The van der Waals surface area contributed by atoms with Crippen molar-refractivity contribution < 1.29 is 31.3 Å². The fraction of sp³-hybridized carbons (Fsp3) is 0.611. The average Bonchev–Trinajstić information content (AvgIpc) is 3.46. The van der Waals surface area contributed by atoms with Crippen molar-refractivity contribution in [2.45, 2.75) is 36.9 Å². The fourth-order valence-electron chi connectivity index (χ4n) is 3.45. The van der Waals surface area contributed by atoms with Crippen LogP contribution in [0.2, 0.25) is 0 Å². The van der Waals surface area contributed by atoms with Crippen LogP contribution in [-0.4, -0.2) is 57.4 Å². The van der Waals surface area contributed by atoms with Crippen molar-refractivity contribution in [3.63, 3.8) is 0 Å². The molecule has 28 heavy (non-hydrogen) atoms. The molecule has 0 spiro atoms. The van der Waals surface area contributed by atoms with Gasteiger partial charge in [-0.15, -0.1) is 0 Å². The SMILES string of the molecule is C[C@@H](NC(=O)C[NH+]1CCN(S(=O)(=O)c2cccc(C(F)(F)F)c2)CC1)C1CC1. The molecular weight excluding hydrogens is 395 g/mol. The van der Waals surface area contributed by atoms with E-state index in [1.807, 2.05) is 6.92 Å². The molecule has 1 aliphatic carbocycles. The van der Waals surface area contributed by atoms with E-state index < -0.39 is 21.8 Å². The molecule has 0 unspecified atom stereocenters. The van der Waals surface area contributed by atoms with E-state index in [4.69, 9.17) is 0 Å². The molecule has 2 N–H and O–H groups in total. The van der Waals surface area contributed by atoms with Gasteiger partial charge in [0.2, 0.25) is 10.0 Å². The van der Waals surface area contributed by atoms with Crippen LogP contribution in [0.5, 0.6) is 0 Å². The first-order chi connectivity index (χ1) is 13.1. The smallest absolute Gasteiger partial charge is 0.348 e. The highest BCUT2D eigenvalue weighted by molar-refractivity contribution is 7.89. The van der Waals surface area contributed by atoms with Gasteiger partial charge in [-0.2, -0.15) is 17.5 Å². The molecule has 1 aromatic carbocycles. The minimum atomic E-state index is -4.60. The maximum Gasteiger partial charge on any atom is 0.416 e. The first-order valence-corrected chi connectivity index (χ1v) is 10.8. The van der Waals surface area contributed by atoms with Crippen molar-refractivity contribution in [1.82, 2.24) is 9.62 Å². The summed E-state index contributed by atoms with van der Waals surface area (Å²) in [6, 6.07) is 3.96. The van der Waals surface area contributed by atoms with Crippen molar-refractivity contribution in [3.8, 4) is 0 Å². The summed E-state index contributed by atoms with van der Waals surface area (Å²) in [5.74, 6) is 0.511. The van der Waals surface area contributed by atoms with Crippen LogP contribution in [0.1, 0.15) is 25.3 Å².